The van der Waals surface area contributed by atoms with E-state index in [1.165, 1.54) is 4.88 Å². The molecule has 0 aromatic carbocycles. The van der Waals surface area contributed by atoms with Crippen molar-refractivity contribution in [3.8, 4) is 0 Å². The fourth-order valence-corrected chi connectivity index (χ4v) is 3.47. The zero-order valence-corrected chi connectivity index (χ0v) is 12.7. The van der Waals surface area contributed by atoms with Gasteiger partial charge in [-0.1, -0.05) is 0 Å². The van der Waals surface area contributed by atoms with Gasteiger partial charge < -0.3 is 10.2 Å². The molecule has 18 heavy (non-hydrogen) atoms. The second-order valence-electron chi connectivity index (χ2n) is 4.39. The highest BCUT2D eigenvalue weighted by atomic mass is 79.9. The highest BCUT2D eigenvalue weighted by molar-refractivity contribution is 9.11. The molecule has 1 aliphatic heterocycles. The lowest BCUT2D eigenvalue weighted by Crippen LogP contribution is -2.61. The molecule has 1 fully saturated rings. The molecule has 2 amide bonds. The van der Waals surface area contributed by atoms with E-state index in [2.05, 4.69) is 21.2 Å². The van der Waals surface area contributed by atoms with Crippen LogP contribution in [0.15, 0.2) is 15.9 Å². The largest absolute Gasteiger partial charge is 0.343 e. The number of nitrogens with zero attached hydrogens (tertiary/aromatic N) is 1. The Bertz CT molecular complexity index is 474. The van der Waals surface area contributed by atoms with Crippen LogP contribution in [0.2, 0.25) is 0 Å². The van der Waals surface area contributed by atoms with E-state index in [-0.39, 0.29) is 17.9 Å². The van der Waals surface area contributed by atoms with Gasteiger partial charge >= 0.3 is 0 Å². The maximum Gasteiger partial charge on any atom is 0.245 e. The molecule has 0 aliphatic carbocycles. The topological polar surface area (TPSA) is 49.4 Å². The molecular formula is C12H15BrN2O2S. The molecule has 1 N–H and O–H groups in total. The first-order valence-corrected chi connectivity index (χ1v) is 7.45. The first-order chi connectivity index (χ1) is 8.49. The Balaban J connectivity index is 2.02. The van der Waals surface area contributed by atoms with Crippen LogP contribution in [-0.4, -0.2) is 35.3 Å². The third kappa shape index (κ3) is 2.75. The lowest BCUT2D eigenvalue weighted by molar-refractivity contribution is -0.148. The van der Waals surface area contributed by atoms with Crippen molar-refractivity contribution < 1.29 is 9.59 Å². The van der Waals surface area contributed by atoms with Gasteiger partial charge in [0.1, 0.15) is 12.1 Å². The van der Waals surface area contributed by atoms with Gasteiger partial charge in [-0.3, -0.25) is 9.59 Å². The SMILES string of the molecule is CC1NC(=O)C(C)N(CCc2ccc(Br)s2)C1=O. The minimum Gasteiger partial charge on any atom is -0.343 e. The molecular weight excluding hydrogens is 316 g/mol. The average Bonchev–Trinajstić information content (AvgIpc) is 2.73. The number of halogens is 1. The van der Waals surface area contributed by atoms with Crippen molar-refractivity contribution in [3.63, 3.8) is 0 Å². The summed E-state index contributed by atoms with van der Waals surface area (Å²) >= 11 is 5.07. The highest BCUT2D eigenvalue weighted by Crippen LogP contribution is 2.23. The smallest absolute Gasteiger partial charge is 0.245 e. The fourth-order valence-electron chi connectivity index (χ4n) is 2.00. The quantitative estimate of drug-likeness (QED) is 0.918. The van der Waals surface area contributed by atoms with Crippen LogP contribution >= 0.6 is 27.3 Å². The molecule has 1 aliphatic rings. The third-order valence-electron chi connectivity index (χ3n) is 3.09. The van der Waals surface area contributed by atoms with Gasteiger partial charge in [-0.25, -0.2) is 0 Å². The molecule has 2 rings (SSSR count). The summed E-state index contributed by atoms with van der Waals surface area (Å²) in [6.07, 6.45) is 0.784. The van der Waals surface area contributed by atoms with E-state index in [0.29, 0.717) is 6.54 Å². The van der Waals surface area contributed by atoms with Crippen LogP contribution in [0.1, 0.15) is 18.7 Å². The van der Waals surface area contributed by atoms with E-state index in [9.17, 15) is 9.59 Å². The summed E-state index contributed by atoms with van der Waals surface area (Å²) in [5.41, 5.74) is 0. The molecule has 4 nitrogen and oxygen atoms in total. The first-order valence-electron chi connectivity index (χ1n) is 5.84. The summed E-state index contributed by atoms with van der Waals surface area (Å²) in [5, 5.41) is 2.68. The van der Waals surface area contributed by atoms with E-state index in [0.717, 1.165) is 10.2 Å². The van der Waals surface area contributed by atoms with Gasteiger partial charge in [0.15, 0.2) is 0 Å². The highest BCUT2D eigenvalue weighted by Gasteiger charge is 2.35. The number of rotatable bonds is 3. The summed E-state index contributed by atoms with van der Waals surface area (Å²) < 4.78 is 1.08. The van der Waals surface area contributed by atoms with Crippen molar-refractivity contribution >= 4 is 39.1 Å². The molecule has 0 bridgehead atoms. The Labute approximate surface area is 118 Å². The van der Waals surface area contributed by atoms with Gasteiger partial charge in [-0.15, -0.1) is 11.3 Å². The molecule has 6 heteroatoms. The summed E-state index contributed by atoms with van der Waals surface area (Å²) in [6.45, 7) is 4.08. The normalized spacial score (nSPS) is 24.3. The van der Waals surface area contributed by atoms with Crippen molar-refractivity contribution in [2.45, 2.75) is 32.4 Å². The van der Waals surface area contributed by atoms with Gasteiger partial charge in [-0.2, -0.15) is 0 Å². The molecule has 2 heterocycles. The number of thiophene rings is 1. The zero-order chi connectivity index (χ0) is 13.3. The van der Waals surface area contributed by atoms with Crippen LogP contribution < -0.4 is 5.32 Å². The van der Waals surface area contributed by atoms with E-state index >= 15 is 0 Å². The molecule has 98 valence electrons. The minimum atomic E-state index is -0.413. The number of amides is 2. The Morgan fingerprint density at radius 2 is 2.11 bits per heavy atom. The van der Waals surface area contributed by atoms with Gasteiger partial charge in [0, 0.05) is 11.4 Å². The predicted molar refractivity (Wildman–Crippen MR) is 74.5 cm³/mol. The second kappa shape index (κ2) is 5.40. The molecule has 2 atom stereocenters. The van der Waals surface area contributed by atoms with E-state index in [1.807, 2.05) is 12.1 Å². The van der Waals surface area contributed by atoms with Crippen molar-refractivity contribution in [1.82, 2.24) is 10.2 Å². The van der Waals surface area contributed by atoms with Crippen LogP contribution in [0.25, 0.3) is 0 Å². The lowest BCUT2D eigenvalue weighted by Gasteiger charge is -2.36. The summed E-state index contributed by atoms with van der Waals surface area (Å²) in [5.74, 6) is -0.0767. The molecule has 1 saturated heterocycles. The standard InChI is InChI=1S/C12H15BrN2O2S/c1-7-12(17)15(8(2)11(16)14-7)6-5-9-3-4-10(13)18-9/h3-4,7-8H,5-6H2,1-2H3,(H,14,16). The van der Waals surface area contributed by atoms with Gasteiger partial charge in [-0.05, 0) is 48.3 Å². The van der Waals surface area contributed by atoms with Crippen molar-refractivity contribution in [3.05, 3.63) is 20.8 Å². The van der Waals surface area contributed by atoms with Crippen LogP contribution in [-0.2, 0) is 16.0 Å². The first kappa shape index (κ1) is 13.5. The number of piperazine rings is 1. The number of carbonyl (C=O) groups is 2. The molecule has 0 saturated carbocycles. The van der Waals surface area contributed by atoms with Crippen LogP contribution in [0, 0.1) is 0 Å². The monoisotopic (exact) mass is 330 g/mol. The molecule has 1 aromatic rings. The van der Waals surface area contributed by atoms with Gasteiger partial charge in [0.05, 0.1) is 3.79 Å². The van der Waals surface area contributed by atoms with E-state index in [4.69, 9.17) is 0 Å². The molecule has 2 unspecified atom stereocenters. The van der Waals surface area contributed by atoms with E-state index < -0.39 is 6.04 Å². The lowest BCUT2D eigenvalue weighted by atomic mass is 10.1. The van der Waals surface area contributed by atoms with Gasteiger partial charge in [0.2, 0.25) is 11.8 Å². The second-order valence-corrected chi connectivity index (χ2v) is 6.94. The Kier molecular flexibility index (Phi) is 4.07. The number of hydrogen-bond acceptors (Lipinski definition) is 3. The predicted octanol–water partition coefficient (Wildman–Crippen LogP) is 1.79. The number of carbonyl (C=O) groups excluding carboxylic acids is 2. The maximum absolute atomic E-state index is 12.0. The summed E-state index contributed by atoms with van der Waals surface area (Å²) in [6, 6.07) is 3.24. The minimum absolute atomic E-state index is 0.00211. The number of nitrogens with one attached hydrogen (secondary N) is 1. The van der Waals surface area contributed by atoms with Crippen molar-refractivity contribution in [1.29, 1.82) is 0 Å². The third-order valence-corrected chi connectivity index (χ3v) is 4.77. The van der Waals surface area contributed by atoms with Crippen LogP contribution in [0.5, 0.6) is 0 Å². The van der Waals surface area contributed by atoms with Crippen molar-refractivity contribution in [2.24, 2.45) is 0 Å². The summed E-state index contributed by atoms with van der Waals surface area (Å²) in [7, 11) is 0. The fraction of sp³-hybridized carbons (Fsp3) is 0.500. The maximum atomic E-state index is 12.0. The van der Waals surface area contributed by atoms with Gasteiger partial charge in [0.25, 0.3) is 0 Å². The zero-order valence-electron chi connectivity index (χ0n) is 10.3. The molecule has 0 radical (unpaired) electrons. The van der Waals surface area contributed by atoms with Crippen LogP contribution in [0.4, 0.5) is 0 Å². The number of hydrogen-bond donors (Lipinski definition) is 1. The summed E-state index contributed by atoms with van der Waals surface area (Å²) in [4.78, 5) is 26.6. The average molecular weight is 331 g/mol. The molecule has 0 spiro atoms. The Hall–Kier alpha value is -0.880. The van der Waals surface area contributed by atoms with E-state index in [1.54, 1.807) is 30.1 Å². The van der Waals surface area contributed by atoms with Crippen molar-refractivity contribution in [2.75, 3.05) is 6.54 Å². The molecule has 1 aromatic heterocycles. The van der Waals surface area contributed by atoms with Crippen LogP contribution in [0.3, 0.4) is 0 Å². The Morgan fingerprint density at radius 1 is 1.39 bits per heavy atom. The Morgan fingerprint density at radius 3 is 2.72 bits per heavy atom.